The first-order chi connectivity index (χ1) is 11.5. The number of aromatic nitrogens is 2. The number of benzene rings is 1. The maximum atomic E-state index is 12.9. The van der Waals surface area contributed by atoms with Crippen molar-refractivity contribution < 1.29 is 17.9 Å². The molecule has 8 heteroatoms. The Balaban J connectivity index is 1.89. The Kier molecular flexibility index (Phi) is 4.77. The van der Waals surface area contributed by atoms with Gasteiger partial charge in [0, 0.05) is 44.4 Å². The van der Waals surface area contributed by atoms with Crippen molar-refractivity contribution in [1.82, 2.24) is 14.1 Å². The SMILES string of the molecule is CCN(Cc1cnn(C)c1)S(=O)(=O)c1ccc2c(c1)OCCCO2. The van der Waals surface area contributed by atoms with Gasteiger partial charge in [0.15, 0.2) is 11.5 Å². The van der Waals surface area contributed by atoms with Crippen LogP contribution in [0.3, 0.4) is 0 Å². The minimum absolute atomic E-state index is 0.206. The molecule has 0 amide bonds. The van der Waals surface area contributed by atoms with Gasteiger partial charge >= 0.3 is 0 Å². The standard InChI is InChI=1S/C16H21N3O4S/c1-3-19(12-13-10-17-18(2)11-13)24(20,21)14-5-6-15-16(9-14)23-8-4-7-22-15/h5-6,9-11H,3-4,7-8,12H2,1-2H3. The lowest BCUT2D eigenvalue weighted by Gasteiger charge is -2.20. The van der Waals surface area contributed by atoms with E-state index in [2.05, 4.69) is 5.10 Å². The van der Waals surface area contributed by atoms with Gasteiger partial charge in [0.2, 0.25) is 10.0 Å². The maximum absolute atomic E-state index is 12.9. The summed E-state index contributed by atoms with van der Waals surface area (Å²) in [6, 6.07) is 4.77. The first kappa shape index (κ1) is 16.8. The molecule has 0 saturated carbocycles. The molecule has 3 rings (SSSR count). The summed E-state index contributed by atoms with van der Waals surface area (Å²) in [7, 11) is -1.82. The Hall–Kier alpha value is -2.06. The monoisotopic (exact) mass is 351 g/mol. The molecule has 0 bridgehead atoms. The summed E-state index contributed by atoms with van der Waals surface area (Å²) < 4.78 is 40.1. The number of fused-ring (bicyclic) bond motifs is 1. The smallest absolute Gasteiger partial charge is 0.243 e. The number of hydrogen-bond donors (Lipinski definition) is 0. The van der Waals surface area contributed by atoms with Gasteiger partial charge in [-0.15, -0.1) is 0 Å². The number of rotatable bonds is 5. The third-order valence-electron chi connectivity index (χ3n) is 3.83. The van der Waals surface area contributed by atoms with E-state index in [0.29, 0.717) is 31.3 Å². The summed E-state index contributed by atoms with van der Waals surface area (Å²) in [5, 5.41) is 4.09. The fourth-order valence-corrected chi connectivity index (χ4v) is 4.03. The van der Waals surface area contributed by atoms with E-state index in [0.717, 1.165) is 12.0 Å². The zero-order chi connectivity index (χ0) is 17.2. The van der Waals surface area contributed by atoms with Crippen molar-refractivity contribution >= 4 is 10.0 Å². The van der Waals surface area contributed by atoms with Crippen LogP contribution in [0.4, 0.5) is 0 Å². The molecule has 0 atom stereocenters. The van der Waals surface area contributed by atoms with Gasteiger partial charge in [-0.2, -0.15) is 9.40 Å². The Labute approximate surface area is 141 Å². The van der Waals surface area contributed by atoms with E-state index in [4.69, 9.17) is 9.47 Å². The van der Waals surface area contributed by atoms with Crippen LogP contribution in [0.2, 0.25) is 0 Å². The fourth-order valence-electron chi connectivity index (χ4n) is 2.58. The van der Waals surface area contributed by atoms with Crippen LogP contribution in [0.5, 0.6) is 11.5 Å². The molecule has 0 aliphatic carbocycles. The lowest BCUT2D eigenvalue weighted by atomic mass is 10.3. The van der Waals surface area contributed by atoms with Crippen molar-refractivity contribution in [2.45, 2.75) is 24.8 Å². The molecule has 7 nitrogen and oxygen atoms in total. The lowest BCUT2D eigenvalue weighted by Crippen LogP contribution is -2.30. The van der Waals surface area contributed by atoms with Gasteiger partial charge < -0.3 is 9.47 Å². The Bertz CT molecular complexity index is 816. The van der Waals surface area contributed by atoms with Gasteiger partial charge in [0.1, 0.15) is 0 Å². The topological polar surface area (TPSA) is 73.7 Å². The molecular weight excluding hydrogens is 330 g/mol. The predicted octanol–water partition coefficient (Wildman–Crippen LogP) is 1.79. The van der Waals surface area contributed by atoms with E-state index in [9.17, 15) is 8.42 Å². The van der Waals surface area contributed by atoms with Crippen LogP contribution in [0, 0.1) is 0 Å². The highest BCUT2D eigenvalue weighted by Gasteiger charge is 2.25. The van der Waals surface area contributed by atoms with Crippen LogP contribution in [0.25, 0.3) is 0 Å². The zero-order valence-corrected chi connectivity index (χ0v) is 14.6. The maximum Gasteiger partial charge on any atom is 0.243 e. The number of nitrogens with zero attached hydrogens (tertiary/aromatic N) is 3. The molecule has 0 unspecified atom stereocenters. The number of sulfonamides is 1. The molecule has 1 aliphatic heterocycles. The van der Waals surface area contributed by atoms with Crippen LogP contribution in [-0.2, 0) is 23.6 Å². The van der Waals surface area contributed by atoms with Crippen LogP contribution >= 0.6 is 0 Å². The first-order valence-corrected chi connectivity index (χ1v) is 9.32. The number of aryl methyl sites for hydroxylation is 1. The molecule has 2 heterocycles. The van der Waals surface area contributed by atoms with Crippen LogP contribution in [0.15, 0.2) is 35.5 Å². The first-order valence-electron chi connectivity index (χ1n) is 7.88. The zero-order valence-electron chi connectivity index (χ0n) is 13.8. The van der Waals surface area contributed by atoms with E-state index >= 15 is 0 Å². The third kappa shape index (κ3) is 3.39. The highest BCUT2D eigenvalue weighted by atomic mass is 32.2. The Morgan fingerprint density at radius 1 is 1.25 bits per heavy atom. The van der Waals surface area contributed by atoms with Crippen molar-refractivity contribution in [3.63, 3.8) is 0 Å². The molecule has 0 radical (unpaired) electrons. The molecule has 1 aliphatic rings. The second-order valence-electron chi connectivity index (χ2n) is 5.61. The predicted molar refractivity (Wildman–Crippen MR) is 88.5 cm³/mol. The minimum Gasteiger partial charge on any atom is -0.490 e. The normalized spacial score (nSPS) is 14.6. The molecule has 1 aromatic heterocycles. The molecule has 0 saturated heterocycles. The largest absolute Gasteiger partial charge is 0.490 e. The van der Waals surface area contributed by atoms with Gasteiger partial charge in [-0.05, 0) is 12.1 Å². The van der Waals surface area contributed by atoms with E-state index in [1.165, 1.54) is 4.31 Å². The lowest BCUT2D eigenvalue weighted by molar-refractivity contribution is 0.296. The van der Waals surface area contributed by atoms with Gasteiger partial charge in [0.25, 0.3) is 0 Å². The van der Waals surface area contributed by atoms with Gasteiger partial charge in [0.05, 0.1) is 24.3 Å². The average Bonchev–Trinajstić information content (AvgIpc) is 2.83. The summed E-state index contributed by atoms with van der Waals surface area (Å²) in [5.41, 5.74) is 0.845. The van der Waals surface area contributed by atoms with Gasteiger partial charge in [-0.1, -0.05) is 6.92 Å². The average molecular weight is 351 g/mol. The summed E-state index contributed by atoms with van der Waals surface area (Å²) >= 11 is 0. The van der Waals surface area contributed by atoms with Crippen molar-refractivity contribution in [1.29, 1.82) is 0 Å². The molecule has 2 aromatic rings. The van der Waals surface area contributed by atoms with Crippen molar-refractivity contribution in [2.75, 3.05) is 19.8 Å². The van der Waals surface area contributed by atoms with E-state index in [1.54, 1.807) is 36.1 Å². The molecule has 0 spiro atoms. The summed E-state index contributed by atoms with van der Waals surface area (Å²) in [5.74, 6) is 1.06. The molecule has 130 valence electrons. The second-order valence-corrected chi connectivity index (χ2v) is 7.55. The second kappa shape index (κ2) is 6.82. The minimum atomic E-state index is -3.62. The van der Waals surface area contributed by atoms with Crippen molar-refractivity contribution in [3.8, 4) is 11.5 Å². The summed E-state index contributed by atoms with van der Waals surface area (Å²) in [4.78, 5) is 0.206. The van der Waals surface area contributed by atoms with Crippen molar-refractivity contribution in [3.05, 3.63) is 36.2 Å². The van der Waals surface area contributed by atoms with Crippen LogP contribution in [-0.4, -0.2) is 42.3 Å². The van der Waals surface area contributed by atoms with Crippen LogP contribution < -0.4 is 9.47 Å². The van der Waals surface area contributed by atoms with E-state index < -0.39 is 10.0 Å². The van der Waals surface area contributed by atoms with Crippen molar-refractivity contribution in [2.24, 2.45) is 7.05 Å². The Morgan fingerprint density at radius 3 is 2.67 bits per heavy atom. The highest BCUT2D eigenvalue weighted by Crippen LogP contribution is 2.33. The van der Waals surface area contributed by atoms with Gasteiger partial charge in [-0.3, -0.25) is 4.68 Å². The third-order valence-corrected chi connectivity index (χ3v) is 5.74. The summed E-state index contributed by atoms with van der Waals surface area (Å²) in [6.07, 6.45) is 4.26. The molecule has 0 fully saturated rings. The highest BCUT2D eigenvalue weighted by molar-refractivity contribution is 7.89. The molecular formula is C16H21N3O4S. The molecule has 0 N–H and O–H groups in total. The Morgan fingerprint density at radius 2 is 2.00 bits per heavy atom. The summed E-state index contributed by atoms with van der Waals surface area (Å²) in [6.45, 7) is 3.55. The number of hydrogen-bond acceptors (Lipinski definition) is 5. The molecule has 24 heavy (non-hydrogen) atoms. The van der Waals surface area contributed by atoms with E-state index in [1.807, 2.05) is 13.1 Å². The molecule has 1 aromatic carbocycles. The van der Waals surface area contributed by atoms with E-state index in [-0.39, 0.29) is 11.4 Å². The number of ether oxygens (including phenoxy) is 2. The van der Waals surface area contributed by atoms with Crippen LogP contribution in [0.1, 0.15) is 18.9 Å². The quantitative estimate of drug-likeness (QED) is 0.821. The van der Waals surface area contributed by atoms with Gasteiger partial charge in [-0.25, -0.2) is 8.42 Å². The fraction of sp³-hybridized carbons (Fsp3) is 0.438.